The van der Waals surface area contributed by atoms with Gasteiger partial charge in [-0.15, -0.1) is 0 Å². The largest absolute Gasteiger partial charge is 0.393 e. The van der Waals surface area contributed by atoms with Crippen LogP contribution in [-0.2, 0) is 10.0 Å². The molecule has 1 saturated carbocycles. The molecular formula is C14H20N2O5S. The summed E-state index contributed by atoms with van der Waals surface area (Å²) in [4.78, 5) is 10.2. The molecule has 2 N–H and O–H groups in total. The van der Waals surface area contributed by atoms with Crippen LogP contribution in [0.5, 0.6) is 0 Å². The maximum Gasteiger partial charge on any atom is 0.289 e. The molecule has 1 fully saturated rings. The number of hydrogen-bond donors (Lipinski definition) is 2. The summed E-state index contributed by atoms with van der Waals surface area (Å²) in [7, 11) is -3.97. The summed E-state index contributed by atoms with van der Waals surface area (Å²) in [5.41, 5.74) is 0.947. The van der Waals surface area contributed by atoms with Crippen molar-refractivity contribution in [1.29, 1.82) is 0 Å². The van der Waals surface area contributed by atoms with Gasteiger partial charge in [0.05, 0.1) is 11.0 Å². The van der Waals surface area contributed by atoms with Gasteiger partial charge in [0.2, 0.25) is 10.0 Å². The quantitative estimate of drug-likeness (QED) is 0.647. The van der Waals surface area contributed by atoms with Gasteiger partial charge in [-0.1, -0.05) is 0 Å². The van der Waals surface area contributed by atoms with E-state index in [0.717, 1.165) is 0 Å². The lowest BCUT2D eigenvalue weighted by Gasteiger charge is -2.26. The van der Waals surface area contributed by atoms with Crippen LogP contribution in [0.4, 0.5) is 5.69 Å². The fourth-order valence-electron chi connectivity index (χ4n) is 2.61. The molecule has 1 aliphatic rings. The first kappa shape index (κ1) is 16.9. The second-order valence-electron chi connectivity index (χ2n) is 5.79. The number of hydrogen-bond acceptors (Lipinski definition) is 5. The summed E-state index contributed by atoms with van der Waals surface area (Å²) in [6.45, 7) is 3.42. The normalized spacial score (nSPS) is 22.5. The molecule has 0 amide bonds. The van der Waals surface area contributed by atoms with E-state index in [-0.39, 0.29) is 10.9 Å². The van der Waals surface area contributed by atoms with Gasteiger partial charge in [0.15, 0.2) is 4.90 Å². The van der Waals surface area contributed by atoms with Crippen LogP contribution in [0, 0.1) is 24.0 Å². The Kier molecular flexibility index (Phi) is 4.84. The highest BCUT2D eigenvalue weighted by atomic mass is 32.2. The highest BCUT2D eigenvalue weighted by Crippen LogP contribution is 2.28. The Bertz CT molecular complexity index is 679. The third-order valence-corrected chi connectivity index (χ3v) is 5.63. The maximum atomic E-state index is 12.5. The van der Waals surface area contributed by atoms with Crippen LogP contribution in [0.3, 0.4) is 0 Å². The Morgan fingerprint density at radius 1 is 1.18 bits per heavy atom. The van der Waals surface area contributed by atoms with Crippen molar-refractivity contribution in [1.82, 2.24) is 4.72 Å². The number of nitro groups is 1. The van der Waals surface area contributed by atoms with Crippen LogP contribution in [0.1, 0.15) is 36.8 Å². The molecule has 8 heteroatoms. The summed E-state index contributed by atoms with van der Waals surface area (Å²) in [6, 6.07) is 2.33. The fourth-order valence-corrected chi connectivity index (χ4v) is 4.15. The SMILES string of the molecule is Cc1cc([N+](=O)[O-])c(S(=O)(=O)NC2CCC(O)CC2)cc1C. The van der Waals surface area contributed by atoms with Crippen LogP contribution >= 0.6 is 0 Å². The van der Waals surface area contributed by atoms with Crippen LogP contribution in [0.2, 0.25) is 0 Å². The van der Waals surface area contributed by atoms with E-state index in [0.29, 0.717) is 36.8 Å². The molecule has 2 rings (SSSR count). The van der Waals surface area contributed by atoms with Gasteiger partial charge >= 0.3 is 0 Å². The second-order valence-corrected chi connectivity index (χ2v) is 7.47. The summed E-state index contributed by atoms with van der Waals surface area (Å²) < 4.78 is 27.5. The zero-order valence-corrected chi connectivity index (χ0v) is 13.4. The summed E-state index contributed by atoms with van der Waals surface area (Å²) >= 11 is 0. The van der Waals surface area contributed by atoms with Crippen molar-refractivity contribution in [2.45, 2.75) is 56.6 Å². The molecule has 0 spiro atoms. The minimum atomic E-state index is -3.97. The number of benzene rings is 1. The Balaban J connectivity index is 2.33. The number of nitro benzene ring substituents is 1. The molecule has 0 heterocycles. The highest BCUT2D eigenvalue weighted by molar-refractivity contribution is 7.89. The van der Waals surface area contributed by atoms with Crippen molar-refractivity contribution < 1.29 is 18.4 Å². The molecular weight excluding hydrogens is 308 g/mol. The molecule has 22 heavy (non-hydrogen) atoms. The van der Waals surface area contributed by atoms with Crippen molar-refractivity contribution in [2.24, 2.45) is 0 Å². The lowest BCUT2D eigenvalue weighted by molar-refractivity contribution is -0.387. The van der Waals surface area contributed by atoms with E-state index in [9.17, 15) is 23.6 Å². The minimum absolute atomic E-state index is 0.297. The molecule has 0 aliphatic heterocycles. The third kappa shape index (κ3) is 3.63. The van der Waals surface area contributed by atoms with Gasteiger partial charge in [0.1, 0.15) is 0 Å². The number of sulfonamides is 1. The van der Waals surface area contributed by atoms with Crippen molar-refractivity contribution in [3.63, 3.8) is 0 Å². The first-order valence-electron chi connectivity index (χ1n) is 7.16. The lowest BCUT2D eigenvalue weighted by Crippen LogP contribution is -2.38. The lowest BCUT2D eigenvalue weighted by atomic mass is 9.94. The zero-order valence-electron chi connectivity index (χ0n) is 12.6. The number of nitrogens with zero attached hydrogens (tertiary/aromatic N) is 1. The van der Waals surface area contributed by atoms with Crippen LogP contribution < -0.4 is 4.72 Å². The van der Waals surface area contributed by atoms with Gasteiger partial charge in [-0.25, -0.2) is 13.1 Å². The summed E-state index contributed by atoms with van der Waals surface area (Å²) in [6.07, 6.45) is 1.72. The van der Waals surface area contributed by atoms with Gasteiger partial charge in [0, 0.05) is 12.1 Å². The molecule has 0 bridgehead atoms. The predicted molar refractivity (Wildman–Crippen MR) is 81.2 cm³/mol. The van der Waals surface area contributed by atoms with Crippen LogP contribution in [0.15, 0.2) is 17.0 Å². The number of rotatable bonds is 4. The van der Waals surface area contributed by atoms with E-state index < -0.39 is 26.7 Å². The monoisotopic (exact) mass is 328 g/mol. The number of aryl methyl sites for hydroxylation is 2. The van der Waals surface area contributed by atoms with Gasteiger partial charge < -0.3 is 5.11 Å². The fraction of sp³-hybridized carbons (Fsp3) is 0.571. The van der Waals surface area contributed by atoms with Gasteiger partial charge in [-0.2, -0.15) is 0 Å². The van der Waals surface area contributed by atoms with Crippen molar-refractivity contribution >= 4 is 15.7 Å². The molecule has 7 nitrogen and oxygen atoms in total. The summed E-state index contributed by atoms with van der Waals surface area (Å²) in [5.74, 6) is 0. The molecule has 1 aromatic rings. The zero-order chi connectivity index (χ0) is 16.5. The maximum absolute atomic E-state index is 12.5. The van der Waals surface area contributed by atoms with E-state index >= 15 is 0 Å². The third-order valence-electron chi connectivity index (χ3n) is 4.08. The van der Waals surface area contributed by atoms with E-state index in [4.69, 9.17) is 0 Å². The van der Waals surface area contributed by atoms with Crippen molar-refractivity contribution in [3.05, 3.63) is 33.4 Å². The predicted octanol–water partition coefficient (Wildman–Crippen LogP) is 1.79. The van der Waals surface area contributed by atoms with E-state index in [1.807, 2.05) is 0 Å². The standard InChI is InChI=1S/C14H20N2O5S/c1-9-7-13(16(18)19)14(8-10(9)2)22(20,21)15-11-3-5-12(17)6-4-11/h7-8,11-12,15,17H,3-6H2,1-2H3. The van der Waals surface area contributed by atoms with Crippen molar-refractivity contribution in [2.75, 3.05) is 0 Å². The number of aliphatic hydroxyl groups excluding tert-OH is 1. The smallest absolute Gasteiger partial charge is 0.289 e. The highest BCUT2D eigenvalue weighted by Gasteiger charge is 2.30. The Morgan fingerprint density at radius 2 is 1.73 bits per heavy atom. The van der Waals surface area contributed by atoms with Crippen molar-refractivity contribution in [3.8, 4) is 0 Å². The molecule has 0 aromatic heterocycles. The Morgan fingerprint density at radius 3 is 2.27 bits per heavy atom. The average Bonchev–Trinajstić information content (AvgIpc) is 2.43. The second kappa shape index (κ2) is 6.31. The first-order valence-corrected chi connectivity index (χ1v) is 8.65. The molecule has 0 saturated heterocycles. The molecule has 1 aliphatic carbocycles. The molecule has 0 atom stereocenters. The Hall–Kier alpha value is -1.51. The van der Waals surface area contributed by atoms with Gasteiger partial charge in [0.25, 0.3) is 5.69 Å². The Labute approximate surface area is 129 Å². The molecule has 0 radical (unpaired) electrons. The summed E-state index contributed by atoms with van der Waals surface area (Å²) in [5, 5.41) is 20.6. The first-order chi connectivity index (χ1) is 10.2. The molecule has 0 unspecified atom stereocenters. The van der Waals surface area contributed by atoms with E-state index in [1.165, 1.54) is 12.1 Å². The van der Waals surface area contributed by atoms with Gasteiger partial charge in [-0.3, -0.25) is 10.1 Å². The minimum Gasteiger partial charge on any atom is -0.393 e. The van der Waals surface area contributed by atoms with Gasteiger partial charge in [-0.05, 0) is 56.7 Å². The number of aliphatic hydroxyl groups is 1. The average molecular weight is 328 g/mol. The van der Waals surface area contributed by atoms with E-state index in [2.05, 4.69) is 4.72 Å². The van der Waals surface area contributed by atoms with Crippen LogP contribution in [-0.4, -0.2) is 30.6 Å². The van der Waals surface area contributed by atoms with Crippen LogP contribution in [0.25, 0.3) is 0 Å². The number of nitrogens with one attached hydrogen (secondary N) is 1. The molecule has 122 valence electrons. The van der Waals surface area contributed by atoms with E-state index in [1.54, 1.807) is 13.8 Å². The topological polar surface area (TPSA) is 110 Å². The molecule has 1 aromatic carbocycles.